The number of aromatic nitrogens is 2. The van der Waals surface area contributed by atoms with Crippen molar-refractivity contribution in [3.63, 3.8) is 0 Å². The SMILES string of the molecule is Cc1c(C(C)(F)F)nn(C[C@H]2C[C@@H](C(F)(F)F)C2)c1C(=O)O. The molecule has 0 aromatic carbocycles. The van der Waals surface area contributed by atoms with Crippen LogP contribution < -0.4 is 0 Å². The van der Waals surface area contributed by atoms with E-state index in [1.807, 2.05) is 0 Å². The Balaban J connectivity index is 2.20. The Bertz CT molecular complexity index is 582. The van der Waals surface area contributed by atoms with E-state index in [0.29, 0.717) is 6.92 Å². The fourth-order valence-corrected chi connectivity index (χ4v) is 2.77. The minimum Gasteiger partial charge on any atom is -0.477 e. The predicted octanol–water partition coefficient (Wildman–Crippen LogP) is 3.59. The van der Waals surface area contributed by atoms with E-state index in [1.54, 1.807) is 0 Å². The largest absolute Gasteiger partial charge is 0.477 e. The van der Waals surface area contributed by atoms with Gasteiger partial charge in [0.25, 0.3) is 5.92 Å². The van der Waals surface area contributed by atoms with Crippen LogP contribution in [0.5, 0.6) is 0 Å². The molecule has 1 N–H and O–H groups in total. The Morgan fingerprint density at radius 3 is 2.27 bits per heavy atom. The second-order valence-electron chi connectivity index (χ2n) is 5.77. The first-order chi connectivity index (χ1) is 9.91. The minimum atomic E-state index is -4.27. The molecule has 22 heavy (non-hydrogen) atoms. The van der Waals surface area contributed by atoms with Crippen LogP contribution in [0.3, 0.4) is 0 Å². The zero-order valence-corrected chi connectivity index (χ0v) is 11.9. The molecule has 1 aromatic rings. The summed E-state index contributed by atoms with van der Waals surface area (Å²) in [5.74, 6) is -6.56. The summed E-state index contributed by atoms with van der Waals surface area (Å²) >= 11 is 0. The molecule has 1 aliphatic rings. The van der Waals surface area contributed by atoms with E-state index in [2.05, 4.69) is 5.10 Å². The molecule has 0 spiro atoms. The van der Waals surface area contributed by atoms with Gasteiger partial charge in [-0.05, 0) is 25.7 Å². The number of hydrogen-bond donors (Lipinski definition) is 1. The maximum atomic E-state index is 13.4. The third kappa shape index (κ3) is 3.07. The fraction of sp³-hybridized carbons (Fsp3) is 0.692. The van der Waals surface area contributed by atoms with Crippen molar-refractivity contribution < 1.29 is 31.9 Å². The summed E-state index contributed by atoms with van der Waals surface area (Å²) < 4.78 is 65.0. The predicted molar refractivity (Wildman–Crippen MR) is 65.8 cm³/mol. The highest BCUT2D eigenvalue weighted by atomic mass is 19.4. The van der Waals surface area contributed by atoms with Gasteiger partial charge in [0, 0.05) is 19.0 Å². The monoisotopic (exact) mass is 326 g/mol. The van der Waals surface area contributed by atoms with Gasteiger partial charge in [-0.1, -0.05) is 0 Å². The van der Waals surface area contributed by atoms with Crippen LogP contribution in [0.4, 0.5) is 22.0 Å². The average Bonchev–Trinajstić information content (AvgIpc) is 2.57. The highest BCUT2D eigenvalue weighted by molar-refractivity contribution is 5.87. The fourth-order valence-electron chi connectivity index (χ4n) is 2.77. The first-order valence-electron chi connectivity index (χ1n) is 6.67. The van der Waals surface area contributed by atoms with E-state index in [9.17, 15) is 26.7 Å². The second-order valence-corrected chi connectivity index (χ2v) is 5.77. The smallest absolute Gasteiger partial charge is 0.391 e. The Kier molecular flexibility index (Phi) is 3.95. The third-order valence-corrected chi connectivity index (χ3v) is 3.94. The summed E-state index contributed by atoms with van der Waals surface area (Å²) in [6.07, 6.45) is -4.55. The summed E-state index contributed by atoms with van der Waals surface area (Å²) in [4.78, 5) is 11.2. The molecule has 1 saturated carbocycles. The molecule has 9 heteroatoms. The van der Waals surface area contributed by atoms with E-state index in [4.69, 9.17) is 5.11 Å². The molecule has 1 aliphatic carbocycles. The Labute approximate surface area is 122 Å². The van der Waals surface area contributed by atoms with Crippen LogP contribution in [0.25, 0.3) is 0 Å². The van der Waals surface area contributed by atoms with Gasteiger partial charge in [-0.25, -0.2) is 4.79 Å². The molecule has 0 aliphatic heterocycles. The first kappa shape index (κ1) is 16.7. The lowest BCUT2D eigenvalue weighted by Gasteiger charge is -2.36. The Morgan fingerprint density at radius 2 is 1.86 bits per heavy atom. The van der Waals surface area contributed by atoms with E-state index in [-0.39, 0.29) is 24.9 Å². The standard InChI is InChI=1S/C13H15F5N2O2/c1-6-9(11(21)22)20(19-10(6)12(2,14)15)5-7-3-8(4-7)13(16,17)18/h7-8H,3-5H2,1-2H3,(H,21,22)/t7-,8+. The molecular formula is C13H15F5N2O2. The van der Waals surface area contributed by atoms with Crippen LogP contribution in [0.15, 0.2) is 0 Å². The van der Waals surface area contributed by atoms with E-state index in [1.165, 1.54) is 6.92 Å². The van der Waals surface area contributed by atoms with Crippen molar-refractivity contribution in [2.45, 2.75) is 45.3 Å². The van der Waals surface area contributed by atoms with Crippen molar-refractivity contribution >= 4 is 5.97 Å². The molecule has 0 bridgehead atoms. The lowest BCUT2D eigenvalue weighted by atomic mass is 9.74. The molecule has 1 fully saturated rings. The highest BCUT2D eigenvalue weighted by Crippen LogP contribution is 2.45. The topological polar surface area (TPSA) is 55.1 Å². The molecule has 4 nitrogen and oxygen atoms in total. The van der Waals surface area contributed by atoms with Crippen molar-refractivity contribution in [3.05, 3.63) is 17.0 Å². The second kappa shape index (κ2) is 5.20. The molecule has 124 valence electrons. The number of hydrogen-bond acceptors (Lipinski definition) is 2. The quantitative estimate of drug-likeness (QED) is 0.860. The highest BCUT2D eigenvalue weighted by Gasteiger charge is 2.48. The number of nitrogens with zero attached hydrogens (tertiary/aromatic N) is 2. The summed E-state index contributed by atoms with van der Waals surface area (Å²) in [6.45, 7) is 1.71. The van der Waals surface area contributed by atoms with Gasteiger partial charge in [-0.2, -0.15) is 27.1 Å². The number of alkyl halides is 5. The van der Waals surface area contributed by atoms with Gasteiger partial charge in [0.1, 0.15) is 11.4 Å². The number of carboxylic acid groups (broad SMARTS) is 1. The number of aromatic carboxylic acids is 1. The maximum absolute atomic E-state index is 13.4. The number of halogens is 5. The third-order valence-electron chi connectivity index (χ3n) is 3.94. The Morgan fingerprint density at radius 1 is 1.32 bits per heavy atom. The number of carbonyl (C=O) groups is 1. The van der Waals surface area contributed by atoms with Crippen molar-refractivity contribution in [2.24, 2.45) is 11.8 Å². The molecule has 0 saturated heterocycles. The van der Waals surface area contributed by atoms with Gasteiger partial charge in [-0.15, -0.1) is 0 Å². The molecular weight excluding hydrogens is 311 g/mol. The van der Waals surface area contributed by atoms with Gasteiger partial charge >= 0.3 is 12.1 Å². The van der Waals surface area contributed by atoms with E-state index < -0.39 is 41.3 Å². The van der Waals surface area contributed by atoms with Crippen LogP contribution in [-0.4, -0.2) is 27.0 Å². The zero-order valence-electron chi connectivity index (χ0n) is 11.9. The van der Waals surface area contributed by atoms with Crippen LogP contribution in [0.1, 0.15) is 41.5 Å². The average molecular weight is 326 g/mol. The lowest BCUT2D eigenvalue weighted by molar-refractivity contribution is -0.205. The summed E-state index contributed by atoms with van der Waals surface area (Å²) in [5, 5.41) is 12.7. The summed E-state index contributed by atoms with van der Waals surface area (Å²) in [5.41, 5.74) is -1.21. The van der Waals surface area contributed by atoms with Gasteiger partial charge in [0.2, 0.25) is 0 Å². The van der Waals surface area contributed by atoms with Gasteiger partial charge in [0.15, 0.2) is 0 Å². The van der Waals surface area contributed by atoms with Gasteiger partial charge in [0.05, 0.1) is 5.92 Å². The van der Waals surface area contributed by atoms with Crippen LogP contribution >= 0.6 is 0 Å². The molecule has 0 amide bonds. The van der Waals surface area contributed by atoms with Crippen LogP contribution in [0, 0.1) is 18.8 Å². The molecule has 0 unspecified atom stereocenters. The molecule has 0 radical (unpaired) electrons. The van der Waals surface area contributed by atoms with Crippen LogP contribution in [-0.2, 0) is 12.5 Å². The molecule has 1 heterocycles. The minimum absolute atomic E-state index is 0.106. The van der Waals surface area contributed by atoms with E-state index >= 15 is 0 Å². The van der Waals surface area contributed by atoms with E-state index in [0.717, 1.165) is 4.68 Å². The number of carboxylic acids is 1. The molecule has 1 aromatic heterocycles. The van der Waals surface area contributed by atoms with Gasteiger partial charge in [-0.3, -0.25) is 4.68 Å². The molecule has 2 rings (SSSR count). The Hall–Kier alpha value is -1.67. The van der Waals surface area contributed by atoms with Crippen LogP contribution in [0.2, 0.25) is 0 Å². The van der Waals surface area contributed by atoms with Gasteiger partial charge < -0.3 is 5.11 Å². The van der Waals surface area contributed by atoms with Crippen molar-refractivity contribution in [3.8, 4) is 0 Å². The van der Waals surface area contributed by atoms with Crippen molar-refractivity contribution in [2.75, 3.05) is 0 Å². The first-order valence-corrected chi connectivity index (χ1v) is 6.67. The normalized spacial score (nSPS) is 22.5. The van der Waals surface area contributed by atoms with Crippen molar-refractivity contribution in [1.82, 2.24) is 9.78 Å². The summed E-state index contributed by atoms with van der Waals surface area (Å²) in [6, 6.07) is 0. The zero-order chi connectivity index (χ0) is 16.9. The maximum Gasteiger partial charge on any atom is 0.391 e. The summed E-state index contributed by atoms with van der Waals surface area (Å²) in [7, 11) is 0. The number of rotatable bonds is 4. The van der Waals surface area contributed by atoms with Crippen molar-refractivity contribution in [1.29, 1.82) is 0 Å². The lowest BCUT2D eigenvalue weighted by Crippen LogP contribution is -2.38. The molecule has 0 atom stereocenters.